The van der Waals surface area contributed by atoms with Crippen molar-refractivity contribution in [3.63, 3.8) is 0 Å². The standard InChI is InChI=1S/C17H17FO3/c1-20-10-11-2-4-12(5-3-11)17-9-15(19)14-8-13(18)6-7-16(14)21-17/h2-8,15,17,19H,9-10H2,1H3. The zero-order valence-electron chi connectivity index (χ0n) is 11.8. The van der Waals surface area contributed by atoms with Crippen molar-refractivity contribution in [3.05, 3.63) is 65.0 Å². The van der Waals surface area contributed by atoms with Gasteiger partial charge in [-0.3, -0.25) is 0 Å². The Hall–Kier alpha value is -1.91. The van der Waals surface area contributed by atoms with E-state index in [1.165, 1.54) is 12.1 Å². The van der Waals surface area contributed by atoms with E-state index in [1.54, 1.807) is 13.2 Å². The molecule has 2 atom stereocenters. The lowest BCUT2D eigenvalue weighted by Crippen LogP contribution is -2.19. The van der Waals surface area contributed by atoms with Crippen molar-refractivity contribution < 1.29 is 19.0 Å². The van der Waals surface area contributed by atoms with Crippen molar-refractivity contribution in [3.8, 4) is 5.75 Å². The molecule has 0 aromatic heterocycles. The van der Waals surface area contributed by atoms with Gasteiger partial charge in [0.2, 0.25) is 0 Å². The second-order valence-corrected chi connectivity index (χ2v) is 5.21. The average molecular weight is 288 g/mol. The van der Waals surface area contributed by atoms with Gasteiger partial charge in [-0.2, -0.15) is 0 Å². The molecular weight excluding hydrogens is 271 g/mol. The topological polar surface area (TPSA) is 38.7 Å². The molecule has 0 saturated heterocycles. The molecule has 0 saturated carbocycles. The van der Waals surface area contributed by atoms with E-state index in [9.17, 15) is 9.50 Å². The number of ether oxygens (including phenoxy) is 2. The van der Waals surface area contributed by atoms with Crippen LogP contribution in [0.25, 0.3) is 0 Å². The van der Waals surface area contributed by atoms with Crippen LogP contribution in [0.15, 0.2) is 42.5 Å². The molecule has 4 heteroatoms. The SMILES string of the molecule is COCc1ccc(C2CC(O)c3cc(F)ccc3O2)cc1. The minimum atomic E-state index is -0.715. The molecule has 0 bridgehead atoms. The van der Waals surface area contributed by atoms with Gasteiger partial charge >= 0.3 is 0 Å². The van der Waals surface area contributed by atoms with Gasteiger partial charge in [-0.15, -0.1) is 0 Å². The van der Waals surface area contributed by atoms with Crippen LogP contribution in [0, 0.1) is 5.82 Å². The van der Waals surface area contributed by atoms with Gasteiger partial charge in [-0.25, -0.2) is 4.39 Å². The molecule has 1 aliphatic rings. The van der Waals surface area contributed by atoms with E-state index in [0.29, 0.717) is 24.3 Å². The van der Waals surface area contributed by atoms with Gasteiger partial charge in [0.25, 0.3) is 0 Å². The van der Waals surface area contributed by atoms with Crippen LogP contribution in [-0.4, -0.2) is 12.2 Å². The highest BCUT2D eigenvalue weighted by molar-refractivity contribution is 5.39. The van der Waals surface area contributed by atoms with E-state index in [4.69, 9.17) is 9.47 Å². The lowest BCUT2D eigenvalue weighted by atomic mass is 9.94. The fourth-order valence-corrected chi connectivity index (χ4v) is 2.62. The predicted molar refractivity (Wildman–Crippen MR) is 76.5 cm³/mol. The maximum atomic E-state index is 13.2. The smallest absolute Gasteiger partial charge is 0.127 e. The molecule has 1 N–H and O–H groups in total. The molecule has 0 aliphatic carbocycles. The van der Waals surface area contributed by atoms with Crippen molar-refractivity contribution in [2.45, 2.75) is 25.2 Å². The minimum Gasteiger partial charge on any atom is -0.485 e. The second kappa shape index (κ2) is 5.84. The van der Waals surface area contributed by atoms with E-state index >= 15 is 0 Å². The first-order chi connectivity index (χ1) is 10.2. The Morgan fingerprint density at radius 1 is 1.24 bits per heavy atom. The number of aliphatic hydroxyl groups is 1. The van der Waals surface area contributed by atoms with Gasteiger partial charge in [0.1, 0.15) is 17.7 Å². The van der Waals surface area contributed by atoms with Crippen LogP contribution < -0.4 is 4.74 Å². The highest BCUT2D eigenvalue weighted by Crippen LogP contribution is 2.40. The van der Waals surface area contributed by atoms with Crippen LogP contribution in [0.1, 0.15) is 35.3 Å². The van der Waals surface area contributed by atoms with E-state index in [0.717, 1.165) is 11.1 Å². The van der Waals surface area contributed by atoms with Gasteiger partial charge in [0.15, 0.2) is 0 Å². The zero-order valence-corrected chi connectivity index (χ0v) is 11.8. The highest BCUT2D eigenvalue weighted by Gasteiger charge is 2.28. The van der Waals surface area contributed by atoms with Crippen molar-refractivity contribution in [2.24, 2.45) is 0 Å². The molecule has 0 amide bonds. The van der Waals surface area contributed by atoms with Crippen molar-refractivity contribution in [2.75, 3.05) is 7.11 Å². The van der Waals surface area contributed by atoms with Gasteiger partial charge in [0.05, 0.1) is 12.7 Å². The quantitative estimate of drug-likeness (QED) is 0.939. The number of halogens is 1. The van der Waals surface area contributed by atoms with Crippen molar-refractivity contribution in [1.82, 2.24) is 0 Å². The summed E-state index contributed by atoms with van der Waals surface area (Å²) in [4.78, 5) is 0. The van der Waals surface area contributed by atoms with Crippen LogP contribution in [0.3, 0.4) is 0 Å². The van der Waals surface area contributed by atoms with Crippen LogP contribution >= 0.6 is 0 Å². The molecule has 3 nitrogen and oxygen atoms in total. The first-order valence-electron chi connectivity index (χ1n) is 6.89. The number of methoxy groups -OCH3 is 1. The Labute approximate surface area is 122 Å². The molecule has 21 heavy (non-hydrogen) atoms. The van der Waals surface area contributed by atoms with Gasteiger partial charge < -0.3 is 14.6 Å². The Morgan fingerprint density at radius 2 is 2.00 bits per heavy atom. The van der Waals surface area contributed by atoms with E-state index in [-0.39, 0.29) is 11.9 Å². The average Bonchev–Trinajstić information content (AvgIpc) is 2.49. The number of hydrogen-bond acceptors (Lipinski definition) is 3. The summed E-state index contributed by atoms with van der Waals surface area (Å²) in [6.07, 6.45) is -0.525. The molecule has 2 aromatic carbocycles. The third-order valence-electron chi connectivity index (χ3n) is 3.70. The molecule has 1 heterocycles. The first-order valence-corrected chi connectivity index (χ1v) is 6.89. The summed E-state index contributed by atoms with van der Waals surface area (Å²) in [5.41, 5.74) is 2.59. The molecule has 0 radical (unpaired) electrons. The third kappa shape index (κ3) is 2.91. The summed E-state index contributed by atoms with van der Waals surface area (Å²) in [5.74, 6) is 0.180. The largest absolute Gasteiger partial charge is 0.485 e. The fraction of sp³-hybridized carbons (Fsp3) is 0.294. The maximum absolute atomic E-state index is 13.2. The minimum absolute atomic E-state index is 0.227. The molecule has 110 valence electrons. The van der Waals surface area contributed by atoms with Crippen molar-refractivity contribution in [1.29, 1.82) is 0 Å². The van der Waals surface area contributed by atoms with Crippen LogP contribution in [-0.2, 0) is 11.3 Å². The summed E-state index contributed by atoms with van der Waals surface area (Å²) in [7, 11) is 1.66. The molecular formula is C17H17FO3. The maximum Gasteiger partial charge on any atom is 0.127 e. The number of hydrogen-bond donors (Lipinski definition) is 1. The number of fused-ring (bicyclic) bond motifs is 1. The molecule has 2 aromatic rings. The third-order valence-corrected chi connectivity index (χ3v) is 3.70. The Morgan fingerprint density at radius 3 is 2.71 bits per heavy atom. The Bertz CT molecular complexity index is 624. The predicted octanol–water partition coefficient (Wildman–Crippen LogP) is 3.53. The summed E-state index contributed by atoms with van der Waals surface area (Å²) in [6.45, 7) is 0.566. The first kappa shape index (κ1) is 14.0. The van der Waals surface area contributed by atoms with Crippen LogP contribution in [0.4, 0.5) is 4.39 Å². The Kier molecular flexibility index (Phi) is 3.90. The number of benzene rings is 2. The number of rotatable bonds is 3. The van der Waals surface area contributed by atoms with Gasteiger partial charge in [0, 0.05) is 19.1 Å². The van der Waals surface area contributed by atoms with Gasteiger partial charge in [-0.1, -0.05) is 24.3 Å². The summed E-state index contributed by atoms with van der Waals surface area (Å²) < 4.78 is 24.2. The van der Waals surface area contributed by atoms with Crippen molar-refractivity contribution >= 4 is 0 Å². The van der Waals surface area contributed by atoms with E-state index in [2.05, 4.69) is 0 Å². The summed E-state index contributed by atoms with van der Waals surface area (Å²) in [6, 6.07) is 12.1. The lowest BCUT2D eigenvalue weighted by Gasteiger charge is -2.30. The molecule has 0 spiro atoms. The zero-order chi connectivity index (χ0) is 14.8. The summed E-state index contributed by atoms with van der Waals surface area (Å²) in [5, 5.41) is 10.2. The Balaban J connectivity index is 1.83. The molecule has 0 fully saturated rings. The van der Waals surface area contributed by atoms with E-state index < -0.39 is 6.10 Å². The fourth-order valence-electron chi connectivity index (χ4n) is 2.62. The molecule has 1 aliphatic heterocycles. The van der Waals surface area contributed by atoms with Crippen LogP contribution in [0.2, 0.25) is 0 Å². The molecule has 3 rings (SSSR count). The lowest BCUT2D eigenvalue weighted by molar-refractivity contribution is 0.0653. The monoisotopic (exact) mass is 288 g/mol. The highest BCUT2D eigenvalue weighted by atomic mass is 19.1. The van der Waals surface area contributed by atoms with E-state index in [1.807, 2.05) is 24.3 Å². The number of aliphatic hydroxyl groups excluding tert-OH is 1. The van der Waals surface area contributed by atoms with Gasteiger partial charge in [-0.05, 0) is 29.3 Å². The second-order valence-electron chi connectivity index (χ2n) is 5.21. The normalized spacial score (nSPS) is 20.7. The molecule has 2 unspecified atom stereocenters. The summed E-state index contributed by atoms with van der Waals surface area (Å²) >= 11 is 0. The van der Waals surface area contributed by atoms with Crippen LogP contribution in [0.5, 0.6) is 5.75 Å².